The van der Waals surface area contributed by atoms with E-state index >= 15 is 0 Å². The molecule has 0 saturated carbocycles. The minimum Gasteiger partial charge on any atom is -0.469 e. The number of fused-ring (bicyclic) bond motifs is 8. The Bertz CT molecular complexity index is 1680. The number of benzene rings is 1. The molecule has 1 aliphatic heterocycles. The van der Waals surface area contributed by atoms with Crippen molar-refractivity contribution in [3.63, 3.8) is 0 Å². The van der Waals surface area contributed by atoms with Crippen molar-refractivity contribution in [2.24, 2.45) is 11.3 Å². The molecule has 10 nitrogen and oxygen atoms in total. The maximum absolute atomic E-state index is 13.8. The maximum Gasteiger partial charge on any atom is 0.313 e. The normalized spacial score (nSPS) is 14.9. The van der Waals surface area contributed by atoms with Crippen LogP contribution in [0.1, 0.15) is 45.1 Å². The first-order valence-corrected chi connectivity index (χ1v) is 15.4. The SMILES string of the molecule is COC(=O)[C@@H](C[C@@](C)(C#N)CC(C)C)c1c2cccc1N(C)c1cccc(n1)N(C)c1cccc(n1)N(C)c1cccc(n1)N2C. The molecule has 0 aliphatic carbocycles. The third kappa shape index (κ3) is 6.31. The van der Waals surface area contributed by atoms with Gasteiger partial charge in [0.2, 0.25) is 0 Å². The zero-order valence-electron chi connectivity index (χ0n) is 27.9. The monoisotopic (exact) mass is 618 g/mol. The summed E-state index contributed by atoms with van der Waals surface area (Å²) in [7, 11) is 9.16. The molecule has 238 valence electrons. The van der Waals surface area contributed by atoms with Crippen LogP contribution in [0.25, 0.3) is 0 Å². The molecule has 0 fully saturated rings. The van der Waals surface area contributed by atoms with Crippen LogP contribution in [0.4, 0.5) is 46.3 Å². The lowest BCUT2D eigenvalue weighted by molar-refractivity contribution is -0.143. The molecule has 0 radical (unpaired) electrons. The van der Waals surface area contributed by atoms with Gasteiger partial charge in [-0.15, -0.1) is 0 Å². The minimum absolute atomic E-state index is 0.267. The predicted octanol–water partition coefficient (Wildman–Crippen LogP) is 7.48. The number of nitriles is 1. The predicted molar refractivity (Wildman–Crippen MR) is 184 cm³/mol. The van der Waals surface area contributed by atoms with Crippen LogP contribution < -0.4 is 19.6 Å². The molecule has 0 amide bonds. The van der Waals surface area contributed by atoms with Gasteiger partial charge in [-0.2, -0.15) is 5.26 Å². The molecule has 46 heavy (non-hydrogen) atoms. The Kier molecular flexibility index (Phi) is 9.15. The van der Waals surface area contributed by atoms with Crippen LogP contribution in [0.3, 0.4) is 0 Å². The maximum atomic E-state index is 13.8. The fraction of sp³-hybridized carbons (Fsp3) is 0.361. The van der Waals surface area contributed by atoms with Gasteiger partial charge in [-0.25, -0.2) is 15.0 Å². The van der Waals surface area contributed by atoms with Gasteiger partial charge in [-0.05, 0) is 74.2 Å². The van der Waals surface area contributed by atoms with Crippen molar-refractivity contribution in [2.75, 3.05) is 54.9 Å². The zero-order valence-corrected chi connectivity index (χ0v) is 27.9. The number of rotatable bonds is 6. The first-order valence-electron chi connectivity index (χ1n) is 15.4. The summed E-state index contributed by atoms with van der Waals surface area (Å²) in [5.74, 6) is 3.35. The highest BCUT2D eigenvalue weighted by atomic mass is 16.5. The average molecular weight is 619 g/mol. The largest absolute Gasteiger partial charge is 0.469 e. The van der Waals surface area contributed by atoms with Crippen LogP contribution in [-0.4, -0.2) is 56.2 Å². The van der Waals surface area contributed by atoms with Crippen molar-refractivity contribution < 1.29 is 9.53 Å². The van der Waals surface area contributed by atoms with Crippen LogP contribution in [0.15, 0.2) is 72.8 Å². The lowest BCUT2D eigenvalue weighted by Gasteiger charge is -2.34. The highest BCUT2D eigenvalue weighted by molar-refractivity contribution is 5.87. The van der Waals surface area contributed by atoms with E-state index in [2.05, 4.69) is 19.9 Å². The van der Waals surface area contributed by atoms with E-state index in [1.165, 1.54) is 7.11 Å². The number of esters is 1. The Balaban J connectivity index is 1.80. The van der Waals surface area contributed by atoms with Gasteiger partial charge < -0.3 is 24.3 Å². The van der Waals surface area contributed by atoms with Gasteiger partial charge in [0.25, 0.3) is 0 Å². The second-order valence-corrected chi connectivity index (χ2v) is 12.6. The second-order valence-electron chi connectivity index (χ2n) is 12.6. The quantitative estimate of drug-likeness (QED) is 0.202. The minimum atomic E-state index is -0.771. The molecule has 4 aromatic rings. The van der Waals surface area contributed by atoms with Crippen LogP contribution in [0.5, 0.6) is 0 Å². The number of carbonyl (C=O) groups is 1. The molecule has 2 atom stereocenters. The second kappa shape index (κ2) is 13.1. The van der Waals surface area contributed by atoms with E-state index in [9.17, 15) is 10.1 Å². The molecular weight excluding hydrogens is 576 g/mol. The highest BCUT2D eigenvalue weighted by Crippen LogP contribution is 2.46. The molecule has 10 heteroatoms. The smallest absolute Gasteiger partial charge is 0.313 e. The lowest BCUT2D eigenvalue weighted by Crippen LogP contribution is -2.28. The Morgan fingerprint density at radius 1 is 0.717 bits per heavy atom. The Morgan fingerprint density at radius 3 is 1.43 bits per heavy atom. The number of pyridine rings is 3. The van der Waals surface area contributed by atoms with Gasteiger partial charge in [-0.3, -0.25) is 4.79 Å². The summed E-state index contributed by atoms with van der Waals surface area (Å²) in [5.41, 5.74) is 1.52. The lowest BCUT2D eigenvalue weighted by atomic mass is 9.74. The zero-order chi connectivity index (χ0) is 33.2. The summed E-state index contributed by atoms with van der Waals surface area (Å²) in [6.07, 6.45) is 0.924. The van der Waals surface area contributed by atoms with Crippen LogP contribution in [0.2, 0.25) is 0 Å². The number of carbonyl (C=O) groups excluding carboxylic acids is 1. The fourth-order valence-electron chi connectivity index (χ4n) is 6.29. The summed E-state index contributed by atoms with van der Waals surface area (Å²) < 4.78 is 5.45. The van der Waals surface area contributed by atoms with Crippen molar-refractivity contribution in [1.29, 1.82) is 5.26 Å². The Hall–Kier alpha value is -5.17. The van der Waals surface area contributed by atoms with Gasteiger partial charge in [0.15, 0.2) is 0 Å². The molecule has 0 saturated heterocycles. The number of nitrogens with zero attached hydrogens (tertiary/aromatic N) is 8. The molecule has 1 aromatic carbocycles. The number of hydrogen-bond donors (Lipinski definition) is 0. The van der Waals surface area contributed by atoms with E-state index in [0.717, 1.165) is 28.6 Å². The van der Waals surface area contributed by atoms with Gasteiger partial charge in [0.1, 0.15) is 34.9 Å². The van der Waals surface area contributed by atoms with E-state index in [-0.39, 0.29) is 12.3 Å². The first-order chi connectivity index (χ1) is 22.0. The molecule has 0 spiro atoms. The van der Waals surface area contributed by atoms with Gasteiger partial charge in [0.05, 0.1) is 24.5 Å². The summed E-state index contributed by atoms with van der Waals surface area (Å²) in [6, 6.07) is 26.0. The average Bonchev–Trinajstić information content (AvgIpc) is 3.08. The van der Waals surface area contributed by atoms with E-state index in [1.807, 2.05) is 128 Å². The van der Waals surface area contributed by atoms with Gasteiger partial charge in [0, 0.05) is 45.1 Å². The molecule has 0 N–H and O–H groups in total. The molecule has 3 aromatic heterocycles. The number of aromatic nitrogens is 3. The molecule has 8 bridgehead atoms. The third-order valence-corrected chi connectivity index (χ3v) is 8.62. The Morgan fingerprint density at radius 2 is 1.09 bits per heavy atom. The fourth-order valence-corrected chi connectivity index (χ4v) is 6.29. The molecule has 0 unspecified atom stereocenters. The Labute approximate surface area is 271 Å². The van der Waals surface area contributed by atoms with E-state index in [1.54, 1.807) is 0 Å². The van der Waals surface area contributed by atoms with Crippen molar-refractivity contribution in [3.05, 3.63) is 78.4 Å². The number of ether oxygens (including phenoxy) is 1. The van der Waals surface area contributed by atoms with Crippen LogP contribution in [0, 0.1) is 22.7 Å². The van der Waals surface area contributed by atoms with Crippen LogP contribution in [-0.2, 0) is 9.53 Å². The van der Waals surface area contributed by atoms with E-state index in [0.29, 0.717) is 29.7 Å². The molecular formula is C36H42N8O2. The summed E-state index contributed by atoms with van der Waals surface area (Å²) in [6.45, 7) is 6.12. The third-order valence-electron chi connectivity index (χ3n) is 8.62. The van der Waals surface area contributed by atoms with Crippen molar-refractivity contribution in [2.45, 2.75) is 39.5 Å². The first kappa shape index (κ1) is 32.2. The summed E-state index contributed by atoms with van der Waals surface area (Å²) >= 11 is 0. The number of methoxy groups -OCH3 is 1. The van der Waals surface area contributed by atoms with Crippen molar-refractivity contribution >= 4 is 52.3 Å². The van der Waals surface area contributed by atoms with Gasteiger partial charge in [-0.1, -0.05) is 38.1 Å². The topological polar surface area (TPSA) is 102 Å². The van der Waals surface area contributed by atoms with Crippen molar-refractivity contribution in [1.82, 2.24) is 15.0 Å². The highest BCUT2D eigenvalue weighted by Gasteiger charge is 2.38. The van der Waals surface area contributed by atoms with E-state index in [4.69, 9.17) is 19.7 Å². The number of hydrogen-bond acceptors (Lipinski definition) is 10. The van der Waals surface area contributed by atoms with Crippen LogP contribution >= 0.6 is 0 Å². The van der Waals surface area contributed by atoms with E-state index < -0.39 is 17.3 Å². The standard InChI is InChI=1S/C36H42N8O2/c1-24(2)21-36(3,23-37)22-25(35(45)46-8)34-26-13-9-14-27(34)42(5)29-16-11-18-31(39-29)44(7)33-20-12-19-32(40-33)43(6)30-17-10-15-28(38-30)41(26)4/h9-20,24-25H,21-22H2,1-8H3/t25-,36-/m0/s1. The summed E-state index contributed by atoms with van der Waals surface area (Å²) in [4.78, 5) is 36.7. The van der Waals surface area contributed by atoms with Crippen molar-refractivity contribution in [3.8, 4) is 6.07 Å². The number of anilines is 8. The summed E-state index contributed by atoms with van der Waals surface area (Å²) in [5, 5.41) is 10.4. The van der Waals surface area contributed by atoms with Gasteiger partial charge >= 0.3 is 5.97 Å². The molecule has 1 aliphatic rings. The molecule has 5 rings (SSSR count). The molecule has 4 heterocycles.